The van der Waals surface area contributed by atoms with E-state index in [1.165, 1.54) is 0 Å². The zero-order chi connectivity index (χ0) is 21.1. The number of carbonyl (C=O) groups is 1. The van der Waals surface area contributed by atoms with Gasteiger partial charge in [-0.1, -0.05) is 36.4 Å². The maximum absolute atomic E-state index is 12.9. The van der Waals surface area contributed by atoms with E-state index in [4.69, 9.17) is 3.07 Å². The third-order valence-corrected chi connectivity index (χ3v) is 6.76. The van der Waals surface area contributed by atoms with Gasteiger partial charge in [-0.3, -0.25) is 14.2 Å². The Labute approximate surface area is 189 Å². The number of fused-ring (bicyclic) bond motifs is 1. The van der Waals surface area contributed by atoms with E-state index in [0.717, 1.165) is 11.1 Å². The Bertz CT molecular complexity index is 1110. The van der Waals surface area contributed by atoms with Gasteiger partial charge in [-0.15, -0.1) is 0 Å². The Balaban J connectivity index is 1.46. The van der Waals surface area contributed by atoms with Crippen molar-refractivity contribution in [2.24, 2.45) is 0 Å². The van der Waals surface area contributed by atoms with Crippen LogP contribution in [0.3, 0.4) is 0 Å². The van der Waals surface area contributed by atoms with Crippen LogP contribution in [0.4, 0.5) is 0 Å². The largest absolute Gasteiger partial charge is 0.342 e. The third-order valence-electron chi connectivity index (χ3n) is 5.83. The van der Waals surface area contributed by atoms with Crippen LogP contribution in [0.5, 0.6) is 0 Å². The van der Waals surface area contributed by atoms with E-state index in [9.17, 15) is 9.59 Å². The van der Waals surface area contributed by atoms with Gasteiger partial charge in [0, 0.05) is 13.1 Å². The van der Waals surface area contributed by atoms with Crippen molar-refractivity contribution >= 4 is 39.8 Å². The molecule has 2 heterocycles. The molecule has 156 valence electrons. The van der Waals surface area contributed by atoms with E-state index >= 15 is 0 Å². The quantitative estimate of drug-likeness (QED) is 0.485. The number of rotatable bonds is 5. The zero-order valence-corrected chi connectivity index (χ0v) is 19.0. The van der Waals surface area contributed by atoms with Gasteiger partial charge in [0.25, 0.3) is 5.56 Å². The normalized spacial score (nSPS) is 16.0. The van der Waals surface area contributed by atoms with Crippen molar-refractivity contribution in [1.82, 2.24) is 14.5 Å². The molecule has 0 unspecified atom stereocenters. The number of aryl methyl sites for hydroxylation is 1. The fourth-order valence-electron chi connectivity index (χ4n) is 4.00. The van der Waals surface area contributed by atoms with Crippen LogP contribution < -0.4 is 5.56 Å². The molecule has 1 aromatic heterocycles. The maximum atomic E-state index is 12.9. The molecule has 2 aromatic carbocycles. The first kappa shape index (κ1) is 21.0. The summed E-state index contributed by atoms with van der Waals surface area (Å²) in [6.45, 7) is 3.64. The Hall–Kier alpha value is -2.26. The molecule has 1 aliphatic heterocycles. The molecule has 3 aromatic rings. The number of nitrogens with zero attached hydrogens (tertiary/aromatic N) is 3. The van der Waals surface area contributed by atoms with Crippen LogP contribution in [0.25, 0.3) is 10.9 Å². The SMILES string of the molecule is Cc1ccc2c(=O)n(CC3(OI)CCN(C(=O)Cc4ccccc4)CC3)cnc2c1. The molecule has 0 bridgehead atoms. The van der Waals surface area contributed by atoms with Gasteiger partial charge in [-0.25, -0.2) is 4.98 Å². The minimum Gasteiger partial charge on any atom is -0.342 e. The highest BCUT2D eigenvalue weighted by atomic mass is 127. The number of carbonyl (C=O) groups excluding carboxylic acids is 1. The number of halogens is 1. The summed E-state index contributed by atoms with van der Waals surface area (Å²) in [7, 11) is 0. The third kappa shape index (κ3) is 4.41. The van der Waals surface area contributed by atoms with Gasteiger partial charge in [-0.2, -0.15) is 0 Å². The van der Waals surface area contributed by atoms with Gasteiger partial charge in [0.2, 0.25) is 5.91 Å². The van der Waals surface area contributed by atoms with Crippen LogP contribution in [0.1, 0.15) is 24.0 Å². The molecule has 30 heavy (non-hydrogen) atoms. The van der Waals surface area contributed by atoms with Gasteiger partial charge in [-0.05, 0) is 43.0 Å². The number of aromatic nitrogens is 2. The summed E-state index contributed by atoms with van der Waals surface area (Å²) in [5.74, 6) is 0.128. The lowest BCUT2D eigenvalue weighted by Crippen LogP contribution is -2.50. The summed E-state index contributed by atoms with van der Waals surface area (Å²) in [6, 6.07) is 15.5. The summed E-state index contributed by atoms with van der Waals surface area (Å²) >= 11 is 1.92. The molecule has 0 spiro atoms. The lowest BCUT2D eigenvalue weighted by atomic mass is 9.91. The molecule has 0 radical (unpaired) electrons. The van der Waals surface area contributed by atoms with E-state index in [1.807, 2.05) is 83.4 Å². The van der Waals surface area contributed by atoms with Gasteiger partial charge in [0.15, 0.2) is 0 Å². The first-order valence-electron chi connectivity index (χ1n) is 10.1. The molecule has 1 aliphatic rings. The van der Waals surface area contributed by atoms with Crippen LogP contribution >= 0.6 is 23.0 Å². The van der Waals surface area contributed by atoms with Gasteiger partial charge >= 0.3 is 0 Å². The van der Waals surface area contributed by atoms with Gasteiger partial charge in [0.05, 0.1) is 30.2 Å². The summed E-state index contributed by atoms with van der Waals surface area (Å²) in [5.41, 5.74) is 2.26. The van der Waals surface area contributed by atoms with Crippen LogP contribution in [-0.4, -0.2) is 39.0 Å². The molecule has 4 rings (SSSR count). The first-order valence-corrected chi connectivity index (χ1v) is 10.9. The zero-order valence-electron chi connectivity index (χ0n) is 16.9. The van der Waals surface area contributed by atoms with Crippen molar-refractivity contribution in [1.29, 1.82) is 0 Å². The molecule has 1 amide bonds. The van der Waals surface area contributed by atoms with Crippen molar-refractivity contribution in [2.75, 3.05) is 13.1 Å². The molecular formula is C23H24IN3O3. The second kappa shape index (κ2) is 8.85. The van der Waals surface area contributed by atoms with Gasteiger partial charge < -0.3 is 7.97 Å². The number of piperidine rings is 1. The minimum atomic E-state index is -0.492. The van der Waals surface area contributed by atoms with E-state index < -0.39 is 5.60 Å². The Kier molecular flexibility index (Phi) is 6.19. The minimum absolute atomic E-state index is 0.0598. The molecule has 0 atom stereocenters. The first-order chi connectivity index (χ1) is 14.5. The number of amides is 1. The van der Waals surface area contributed by atoms with Crippen LogP contribution in [0.2, 0.25) is 0 Å². The predicted molar refractivity (Wildman–Crippen MR) is 125 cm³/mol. The number of hydrogen-bond acceptors (Lipinski definition) is 4. The summed E-state index contributed by atoms with van der Waals surface area (Å²) in [5, 5.41) is 0.613. The second-order valence-corrected chi connectivity index (χ2v) is 8.44. The lowest BCUT2D eigenvalue weighted by Gasteiger charge is -2.40. The maximum Gasteiger partial charge on any atom is 0.261 e. The van der Waals surface area contributed by atoms with Crippen molar-refractivity contribution in [2.45, 2.75) is 38.3 Å². The highest BCUT2D eigenvalue weighted by Gasteiger charge is 2.37. The lowest BCUT2D eigenvalue weighted by molar-refractivity contribution is -0.133. The molecule has 1 saturated heterocycles. The Morgan fingerprint density at radius 1 is 1.17 bits per heavy atom. The monoisotopic (exact) mass is 517 g/mol. The standard InChI is InChI=1S/C23H24IN3O3/c1-17-7-8-19-20(13-17)25-16-27(22(19)29)15-23(30-24)9-11-26(12-10-23)21(28)14-18-5-3-2-4-6-18/h2-8,13,16H,9-12,14-15H2,1H3. The van der Waals surface area contributed by atoms with Crippen molar-refractivity contribution in [3.8, 4) is 0 Å². The van der Waals surface area contributed by atoms with E-state index in [2.05, 4.69) is 4.98 Å². The molecule has 0 saturated carbocycles. The fraction of sp³-hybridized carbons (Fsp3) is 0.348. The summed E-state index contributed by atoms with van der Waals surface area (Å²) < 4.78 is 7.50. The molecule has 1 fully saturated rings. The molecule has 7 heteroatoms. The van der Waals surface area contributed by atoms with E-state index in [1.54, 1.807) is 10.9 Å². The number of benzene rings is 2. The summed E-state index contributed by atoms with van der Waals surface area (Å²) in [4.78, 5) is 32.0. The Morgan fingerprint density at radius 3 is 2.60 bits per heavy atom. The van der Waals surface area contributed by atoms with Crippen molar-refractivity contribution < 1.29 is 7.86 Å². The van der Waals surface area contributed by atoms with Crippen molar-refractivity contribution in [3.63, 3.8) is 0 Å². The van der Waals surface area contributed by atoms with Gasteiger partial charge in [0.1, 0.15) is 28.6 Å². The summed E-state index contributed by atoms with van der Waals surface area (Å²) in [6.07, 6.45) is 3.37. The highest BCUT2D eigenvalue weighted by molar-refractivity contribution is 14.1. The number of hydrogen-bond donors (Lipinski definition) is 0. The number of likely N-dealkylation sites (tertiary alicyclic amines) is 1. The predicted octanol–water partition coefficient (Wildman–Crippen LogP) is 3.68. The highest BCUT2D eigenvalue weighted by Crippen LogP contribution is 2.30. The molecular weight excluding hydrogens is 493 g/mol. The van der Waals surface area contributed by atoms with Crippen molar-refractivity contribution in [3.05, 3.63) is 76.3 Å². The topological polar surface area (TPSA) is 64.4 Å². The van der Waals surface area contributed by atoms with Crippen LogP contribution in [0.15, 0.2) is 59.7 Å². The molecule has 0 N–H and O–H groups in total. The fourth-order valence-corrected chi connectivity index (χ4v) is 4.58. The average molecular weight is 517 g/mol. The molecule has 0 aliphatic carbocycles. The average Bonchev–Trinajstić information content (AvgIpc) is 2.77. The second-order valence-electron chi connectivity index (χ2n) is 8.00. The Morgan fingerprint density at radius 2 is 1.90 bits per heavy atom. The van der Waals surface area contributed by atoms with Crippen LogP contribution in [-0.2, 0) is 20.8 Å². The van der Waals surface area contributed by atoms with E-state index in [-0.39, 0.29) is 11.5 Å². The molecule has 6 nitrogen and oxygen atoms in total. The van der Waals surface area contributed by atoms with Crippen LogP contribution in [0, 0.1) is 6.92 Å². The smallest absolute Gasteiger partial charge is 0.261 e. The van der Waals surface area contributed by atoms with E-state index in [0.29, 0.717) is 49.8 Å².